The van der Waals surface area contributed by atoms with Crippen molar-refractivity contribution in [2.75, 3.05) is 17.2 Å². The molecule has 0 spiro atoms. The second kappa shape index (κ2) is 6.46. The Morgan fingerprint density at radius 1 is 1.00 bits per heavy atom. The van der Waals surface area contributed by atoms with Crippen LogP contribution in [0, 0.1) is 5.82 Å². The quantitative estimate of drug-likeness (QED) is 0.841. The van der Waals surface area contributed by atoms with Crippen LogP contribution in [0.2, 0.25) is 0 Å². The third-order valence-corrected chi connectivity index (χ3v) is 2.81. The molecular weight excluding hydrogens is 300 g/mol. The number of anilines is 2. The van der Waals surface area contributed by atoms with Crippen molar-refractivity contribution in [1.29, 1.82) is 0 Å². The molecule has 0 radical (unpaired) electrons. The fraction of sp³-hybridized carbons (Fsp3) is 0.133. The summed E-state index contributed by atoms with van der Waals surface area (Å²) in [4.78, 5) is 11.7. The highest BCUT2D eigenvalue weighted by atomic mass is 19.4. The van der Waals surface area contributed by atoms with Gasteiger partial charge in [0, 0.05) is 5.69 Å². The molecule has 0 saturated carbocycles. The van der Waals surface area contributed by atoms with Crippen LogP contribution in [0.5, 0.6) is 0 Å². The number of amides is 1. The van der Waals surface area contributed by atoms with Gasteiger partial charge in [0.25, 0.3) is 0 Å². The van der Waals surface area contributed by atoms with Crippen molar-refractivity contribution in [2.24, 2.45) is 0 Å². The Balaban J connectivity index is 1.91. The summed E-state index contributed by atoms with van der Waals surface area (Å²) < 4.78 is 50.5. The maximum absolute atomic E-state index is 13.3. The van der Waals surface area contributed by atoms with E-state index in [1.54, 1.807) is 6.07 Å². The Hall–Kier alpha value is -2.57. The van der Waals surface area contributed by atoms with E-state index in [9.17, 15) is 22.4 Å². The van der Waals surface area contributed by atoms with Crippen LogP contribution >= 0.6 is 0 Å². The molecule has 1 amide bonds. The van der Waals surface area contributed by atoms with Gasteiger partial charge in [-0.2, -0.15) is 13.2 Å². The van der Waals surface area contributed by atoms with Gasteiger partial charge in [-0.15, -0.1) is 0 Å². The van der Waals surface area contributed by atoms with E-state index < -0.39 is 23.5 Å². The van der Waals surface area contributed by atoms with Crippen LogP contribution in [-0.2, 0) is 11.0 Å². The molecule has 0 saturated heterocycles. The standard InChI is InChI=1S/C15H12F4N2O/c16-12-3-1-2-4-13(12)20-9-14(22)21-11-7-5-10(6-8-11)15(17,18)19/h1-8,20H,9H2,(H,21,22). The normalized spacial score (nSPS) is 11.1. The molecule has 0 aliphatic heterocycles. The summed E-state index contributed by atoms with van der Waals surface area (Å²) in [6, 6.07) is 9.91. The molecule has 22 heavy (non-hydrogen) atoms. The van der Waals surface area contributed by atoms with Crippen molar-refractivity contribution >= 4 is 17.3 Å². The number of carbonyl (C=O) groups excluding carboxylic acids is 1. The lowest BCUT2D eigenvalue weighted by Crippen LogP contribution is -2.22. The number of alkyl halides is 3. The summed E-state index contributed by atoms with van der Waals surface area (Å²) in [5.41, 5.74) is -0.395. The molecule has 0 aliphatic carbocycles. The molecule has 0 atom stereocenters. The van der Waals surface area contributed by atoms with Crippen molar-refractivity contribution < 1.29 is 22.4 Å². The summed E-state index contributed by atoms with van der Waals surface area (Å²) in [5.74, 6) is -0.993. The number of nitrogens with one attached hydrogen (secondary N) is 2. The molecule has 7 heteroatoms. The van der Waals surface area contributed by atoms with Crippen molar-refractivity contribution in [1.82, 2.24) is 0 Å². The first kappa shape index (κ1) is 15.8. The van der Waals surface area contributed by atoms with Crippen LogP contribution < -0.4 is 10.6 Å². The Morgan fingerprint density at radius 2 is 1.64 bits per heavy atom. The first-order valence-corrected chi connectivity index (χ1v) is 6.32. The Morgan fingerprint density at radius 3 is 2.23 bits per heavy atom. The molecule has 0 heterocycles. The highest BCUT2D eigenvalue weighted by Gasteiger charge is 2.29. The molecule has 0 bridgehead atoms. The van der Waals surface area contributed by atoms with E-state index in [0.29, 0.717) is 0 Å². The highest BCUT2D eigenvalue weighted by molar-refractivity contribution is 5.93. The topological polar surface area (TPSA) is 41.1 Å². The molecular formula is C15H12F4N2O. The SMILES string of the molecule is O=C(CNc1ccccc1F)Nc1ccc(C(F)(F)F)cc1. The smallest absolute Gasteiger partial charge is 0.374 e. The van der Waals surface area contributed by atoms with Crippen molar-refractivity contribution in [2.45, 2.75) is 6.18 Å². The minimum absolute atomic E-state index is 0.171. The highest BCUT2D eigenvalue weighted by Crippen LogP contribution is 2.29. The van der Waals surface area contributed by atoms with Crippen LogP contribution in [0.25, 0.3) is 0 Å². The second-order valence-electron chi connectivity index (χ2n) is 4.46. The molecule has 2 aromatic carbocycles. The van der Waals surface area contributed by atoms with Crippen LogP contribution in [0.4, 0.5) is 28.9 Å². The fourth-order valence-electron chi connectivity index (χ4n) is 1.73. The molecule has 2 rings (SSSR count). The number of halogens is 4. The number of benzene rings is 2. The van der Waals surface area contributed by atoms with Crippen LogP contribution in [-0.4, -0.2) is 12.5 Å². The molecule has 2 aromatic rings. The maximum Gasteiger partial charge on any atom is 0.416 e. The zero-order chi connectivity index (χ0) is 16.2. The summed E-state index contributed by atoms with van der Waals surface area (Å²) in [6.45, 7) is -0.206. The molecule has 0 fully saturated rings. The van der Waals surface area contributed by atoms with Gasteiger partial charge in [-0.1, -0.05) is 12.1 Å². The Bertz CT molecular complexity index is 653. The molecule has 0 aliphatic rings. The fourth-order valence-corrected chi connectivity index (χ4v) is 1.73. The summed E-state index contributed by atoms with van der Waals surface area (Å²) >= 11 is 0. The third kappa shape index (κ3) is 4.21. The van der Waals surface area contributed by atoms with Gasteiger partial charge in [0.15, 0.2) is 0 Å². The van der Waals surface area contributed by atoms with Crippen molar-refractivity contribution in [3.63, 3.8) is 0 Å². The number of rotatable bonds is 4. The van der Waals surface area contributed by atoms with Gasteiger partial charge in [-0.25, -0.2) is 4.39 Å². The number of para-hydroxylation sites is 1. The lowest BCUT2D eigenvalue weighted by atomic mass is 10.2. The molecule has 2 N–H and O–H groups in total. The number of hydrogen-bond donors (Lipinski definition) is 2. The predicted octanol–water partition coefficient (Wildman–Crippen LogP) is 3.90. The van der Waals surface area contributed by atoms with E-state index in [1.807, 2.05) is 0 Å². The minimum Gasteiger partial charge on any atom is -0.374 e. The van der Waals surface area contributed by atoms with Gasteiger partial charge < -0.3 is 10.6 Å². The Labute approximate surface area is 124 Å². The van der Waals surface area contributed by atoms with Gasteiger partial charge in [0.2, 0.25) is 5.91 Å². The van der Waals surface area contributed by atoms with Crippen molar-refractivity contribution in [3.8, 4) is 0 Å². The van der Waals surface area contributed by atoms with E-state index in [0.717, 1.165) is 24.3 Å². The van der Waals surface area contributed by atoms with Crippen molar-refractivity contribution in [3.05, 3.63) is 59.9 Å². The zero-order valence-electron chi connectivity index (χ0n) is 11.2. The third-order valence-electron chi connectivity index (χ3n) is 2.81. The monoisotopic (exact) mass is 312 g/mol. The average Bonchev–Trinajstić information content (AvgIpc) is 2.46. The summed E-state index contributed by atoms with van der Waals surface area (Å²) in [5, 5.41) is 5.02. The van der Waals surface area contributed by atoms with Gasteiger partial charge in [-0.05, 0) is 36.4 Å². The van der Waals surface area contributed by atoms with Gasteiger partial charge >= 0.3 is 6.18 Å². The lowest BCUT2D eigenvalue weighted by molar-refractivity contribution is -0.137. The van der Waals surface area contributed by atoms with E-state index in [-0.39, 0.29) is 17.9 Å². The molecule has 116 valence electrons. The van der Waals surface area contributed by atoms with E-state index in [2.05, 4.69) is 10.6 Å². The summed E-state index contributed by atoms with van der Waals surface area (Å²) in [6.07, 6.45) is -4.42. The second-order valence-corrected chi connectivity index (χ2v) is 4.46. The van der Waals surface area contributed by atoms with Crippen LogP contribution in [0.1, 0.15) is 5.56 Å². The van der Waals surface area contributed by atoms with Gasteiger partial charge in [0.05, 0.1) is 17.8 Å². The van der Waals surface area contributed by atoms with Crippen LogP contribution in [0.3, 0.4) is 0 Å². The predicted molar refractivity (Wildman–Crippen MR) is 75.0 cm³/mol. The first-order valence-electron chi connectivity index (χ1n) is 6.32. The lowest BCUT2D eigenvalue weighted by Gasteiger charge is -2.10. The molecule has 3 nitrogen and oxygen atoms in total. The van der Waals surface area contributed by atoms with E-state index in [4.69, 9.17) is 0 Å². The van der Waals surface area contributed by atoms with Gasteiger partial charge in [0.1, 0.15) is 5.82 Å². The van der Waals surface area contributed by atoms with Crippen LogP contribution in [0.15, 0.2) is 48.5 Å². The molecule has 0 unspecified atom stereocenters. The first-order chi connectivity index (χ1) is 10.4. The minimum atomic E-state index is -4.42. The van der Waals surface area contributed by atoms with E-state index in [1.165, 1.54) is 18.2 Å². The largest absolute Gasteiger partial charge is 0.416 e. The molecule has 0 aromatic heterocycles. The average molecular weight is 312 g/mol. The van der Waals surface area contributed by atoms with Gasteiger partial charge in [-0.3, -0.25) is 4.79 Å². The summed E-state index contributed by atoms with van der Waals surface area (Å²) in [7, 11) is 0. The Kier molecular flexibility index (Phi) is 4.65. The van der Waals surface area contributed by atoms with E-state index >= 15 is 0 Å². The zero-order valence-corrected chi connectivity index (χ0v) is 11.2. The number of hydrogen-bond acceptors (Lipinski definition) is 2. The number of carbonyl (C=O) groups is 1. The maximum atomic E-state index is 13.3.